The molecular formula is C31H33BClFN4O5S. The first-order valence-electron chi connectivity index (χ1n) is 14.4. The molecule has 2 aliphatic rings. The number of anilines is 1. The summed E-state index contributed by atoms with van der Waals surface area (Å²) in [5, 5.41) is 5.09. The molecule has 3 N–H and O–H groups in total. The van der Waals surface area contributed by atoms with E-state index in [1.54, 1.807) is 6.20 Å². The number of fused-ring (bicyclic) bond motifs is 1. The quantitative estimate of drug-likeness (QED) is 0.191. The van der Waals surface area contributed by atoms with E-state index in [0.717, 1.165) is 29.4 Å². The Balaban J connectivity index is 1.31. The molecule has 6 rings (SSSR count). The van der Waals surface area contributed by atoms with Crippen LogP contribution in [0.25, 0.3) is 16.8 Å². The van der Waals surface area contributed by atoms with E-state index in [4.69, 9.17) is 26.6 Å². The lowest BCUT2D eigenvalue weighted by Crippen LogP contribution is -2.41. The maximum absolute atomic E-state index is 13.6. The van der Waals surface area contributed by atoms with Crippen molar-refractivity contribution in [2.75, 3.05) is 10.8 Å². The Morgan fingerprint density at radius 1 is 1.16 bits per heavy atom. The summed E-state index contributed by atoms with van der Waals surface area (Å²) in [7, 11) is -0.602. The van der Waals surface area contributed by atoms with Crippen molar-refractivity contribution >= 4 is 52.6 Å². The van der Waals surface area contributed by atoms with Gasteiger partial charge in [-0.25, -0.2) is 13.1 Å². The Kier molecular flexibility index (Phi) is 7.86. The van der Waals surface area contributed by atoms with Crippen molar-refractivity contribution in [1.29, 1.82) is 0 Å². The fourth-order valence-electron chi connectivity index (χ4n) is 5.48. The molecule has 2 fully saturated rings. The van der Waals surface area contributed by atoms with Gasteiger partial charge in [-0.05, 0) is 100 Å². The van der Waals surface area contributed by atoms with E-state index in [1.165, 1.54) is 33.1 Å². The lowest BCUT2D eigenvalue weighted by Gasteiger charge is -2.32. The molecular weight excluding hydrogens is 606 g/mol. The zero-order valence-corrected chi connectivity index (χ0v) is 26.4. The average molecular weight is 639 g/mol. The van der Waals surface area contributed by atoms with Gasteiger partial charge in [0.15, 0.2) is 0 Å². The normalized spacial score (nSPS) is 18.1. The number of aromatic nitrogens is 2. The summed E-state index contributed by atoms with van der Waals surface area (Å²) in [5.41, 5.74) is 9.27. The summed E-state index contributed by atoms with van der Waals surface area (Å²) in [6, 6.07) is 13.1. The molecule has 1 unspecified atom stereocenters. The Labute approximate surface area is 263 Å². The van der Waals surface area contributed by atoms with Crippen LogP contribution in [0.15, 0.2) is 54.7 Å². The summed E-state index contributed by atoms with van der Waals surface area (Å²) >= 11 is 4.32. The van der Waals surface area contributed by atoms with Gasteiger partial charge in [-0.15, -0.1) is 0 Å². The summed E-state index contributed by atoms with van der Waals surface area (Å²) < 4.78 is 52.0. The average Bonchev–Trinajstić information content (AvgIpc) is 3.67. The molecule has 1 saturated carbocycles. The third-order valence-electron chi connectivity index (χ3n) is 8.79. The van der Waals surface area contributed by atoms with E-state index in [1.807, 2.05) is 52.0 Å². The number of hydrogen-bond acceptors (Lipinski definition) is 5. The standard InChI is InChI=1S/C31H33BClFN4O5S/c1-30(2)31(3,4)43-32(42-30)23-12-5-18(15-24(23)33)13-14-38(44(40)41)26-17-37-25(16-22(26)19-6-7-19)27(29(35)39)28(36-37)20-8-10-21(34)11-9-20/h5,8-12,15-17,19H,6-7,13-14H2,1-4H3,(H2,35,39)(H,40,41). The van der Waals surface area contributed by atoms with Crippen LogP contribution in [0, 0.1) is 5.82 Å². The fourth-order valence-corrected chi connectivity index (χ4v) is 6.34. The van der Waals surface area contributed by atoms with Gasteiger partial charge in [0.1, 0.15) is 11.5 Å². The maximum atomic E-state index is 13.6. The molecule has 2 aromatic carbocycles. The number of pyridine rings is 1. The summed E-state index contributed by atoms with van der Waals surface area (Å²) in [6.07, 6.45) is 3.90. The van der Waals surface area contributed by atoms with Crippen molar-refractivity contribution in [1.82, 2.24) is 9.61 Å². The van der Waals surface area contributed by atoms with Crippen LogP contribution in [0.5, 0.6) is 0 Å². The van der Waals surface area contributed by atoms with Crippen molar-refractivity contribution in [3.8, 4) is 11.3 Å². The predicted molar refractivity (Wildman–Crippen MR) is 170 cm³/mol. The first-order chi connectivity index (χ1) is 20.8. The zero-order valence-electron chi connectivity index (χ0n) is 24.8. The molecule has 1 aliphatic carbocycles. The Hall–Kier alpha value is -3.29. The Morgan fingerprint density at radius 2 is 1.82 bits per heavy atom. The number of carbonyl (C=O) groups is 1. The van der Waals surface area contributed by atoms with Crippen LogP contribution in [-0.2, 0) is 27.0 Å². The predicted octanol–water partition coefficient (Wildman–Crippen LogP) is 5.26. The Bertz CT molecular complexity index is 1780. The van der Waals surface area contributed by atoms with E-state index in [9.17, 15) is 17.9 Å². The van der Waals surface area contributed by atoms with E-state index in [0.29, 0.717) is 33.9 Å². The first kappa shape index (κ1) is 30.7. The number of halogens is 2. The van der Waals surface area contributed by atoms with E-state index < -0.39 is 41.3 Å². The lowest BCUT2D eigenvalue weighted by atomic mass is 9.78. The number of benzene rings is 2. The third kappa shape index (κ3) is 5.65. The second kappa shape index (κ2) is 11.3. The number of rotatable bonds is 9. The van der Waals surface area contributed by atoms with Crippen LogP contribution in [0.4, 0.5) is 10.1 Å². The van der Waals surface area contributed by atoms with Crippen LogP contribution in [0.3, 0.4) is 0 Å². The molecule has 2 aromatic heterocycles. The van der Waals surface area contributed by atoms with Crippen molar-refractivity contribution in [2.24, 2.45) is 5.73 Å². The van der Waals surface area contributed by atoms with Gasteiger partial charge in [0, 0.05) is 22.6 Å². The maximum Gasteiger partial charge on any atom is 0.496 e. The second-order valence-electron chi connectivity index (χ2n) is 12.3. The van der Waals surface area contributed by atoms with Crippen LogP contribution < -0.4 is 15.5 Å². The van der Waals surface area contributed by atoms with Gasteiger partial charge in [0.25, 0.3) is 17.2 Å². The molecule has 0 bridgehead atoms. The minimum atomic E-state index is -2.36. The molecule has 9 nitrogen and oxygen atoms in total. The molecule has 13 heteroatoms. The molecule has 0 radical (unpaired) electrons. The van der Waals surface area contributed by atoms with Crippen molar-refractivity contribution in [3.63, 3.8) is 0 Å². The molecule has 1 saturated heterocycles. The Morgan fingerprint density at radius 3 is 2.39 bits per heavy atom. The SMILES string of the molecule is CC1(C)OB(c2ccc(CCN(c3cn4nc(-c5ccc(F)cc5)c(C(N)=O)c4cc3C3CC3)S(=O)O)cc2Cl)OC1(C)C. The van der Waals surface area contributed by atoms with Gasteiger partial charge in [-0.2, -0.15) is 5.10 Å². The minimum absolute atomic E-state index is 0.166. The lowest BCUT2D eigenvalue weighted by molar-refractivity contribution is 0.00578. The number of nitrogens with zero attached hydrogens (tertiary/aromatic N) is 3. The summed E-state index contributed by atoms with van der Waals surface area (Å²) in [5.74, 6) is -0.918. The van der Waals surface area contributed by atoms with Gasteiger partial charge in [-0.3, -0.25) is 13.7 Å². The van der Waals surface area contributed by atoms with Crippen LogP contribution in [0.1, 0.15) is 67.9 Å². The number of carbonyl (C=O) groups excluding carboxylic acids is 1. The molecule has 44 heavy (non-hydrogen) atoms. The molecule has 230 valence electrons. The van der Waals surface area contributed by atoms with Gasteiger partial charge in [0.05, 0.1) is 34.2 Å². The summed E-state index contributed by atoms with van der Waals surface area (Å²) in [4.78, 5) is 12.6. The topological polar surface area (TPSA) is 119 Å². The molecule has 1 aliphatic heterocycles. The minimum Gasteiger partial charge on any atom is -0.399 e. The van der Waals surface area contributed by atoms with E-state index in [-0.39, 0.29) is 18.0 Å². The molecule has 3 heterocycles. The number of nitrogens with two attached hydrogens (primary N) is 1. The fraction of sp³-hybridized carbons (Fsp3) is 0.355. The van der Waals surface area contributed by atoms with E-state index >= 15 is 0 Å². The van der Waals surface area contributed by atoms with Crippen LogP contribution in [0.2, 0.25) is 5.02 Å². The molecule has 4 aromatic rings. The van der Waals surface area contributed by atoms with E-state index in [2.05, 4.69) is 5.10 Å². The van der Waals surface area contributed by atoms with Crippen molar-refractivity contribution in [2.45, 2.75) is 64.1 Å². The highest BCUT2D eigenvalue weighted by atomic mass is 35.5. The largest absolute Gasteiger partial charge is 0.496 e. The van der Waals surface area contributed by atoms with Gasteiger partial charge in [0.2, 0.25) is 0 Å². The molecule has 1 atom stereocenters. The first-order valence-corrected chi connectivity index (χ1v) is 15.8. The zero-order chi connectivity index (χ0) is 31.6. The van der Waals surface area contributed by atoms with Gasteiger partial charge < -0.3 is 15.0 Å². The van der Waals surface area contributed by atoms with Crippen molar-refractivity contribution < 1.29 is 27.3 Å². The van der Waals surface area contributed by atoms with Crippen molar-refractivity contribution in [3.05, 3.63) is 82.3 Å². The number of primary amides is 1. The molecule has 1 amide bonds. The van der Waals surface area contributed by atoms with Gasteiger partial charge >= 0.3 is 7.12 Å². The second-order valence-corrected chi connectivity index (χ2v) is 13.6. The monoisotopic (exact) mass is 638 g/mol. The molecule has 0 spiro atoms. The third-order valence-corrected chi connectivity index (χ3v) is 9.88. The highest BCUT2D eigenvalue weighted by Gasteiger charge is 2.52. The number of hydrogen-bond donors (Lipinski definition) is 2. The van der Waals surface area contributed by atoms with Gasteiger partial charge in [-0.1, -0.05) is 23.7 Å². The number of amides is 1. The van der Waals surface area contributed by atoms with Crippen LogP contribution in [-0.4, -0.2) is 49.1 Å². The highest BCUT2D eigenvalue weighted by molar-refractivity contribution is 7.80. The van der Waals surface area contributed by atoms with Crippen LogP contribution >= 0.6 is 11.6 Å². The smallest absolute Gasteiger partial charge is 0.399 e. The summed E-state index contributed by atoms with van der Waals surface area (Å²) in [6.45, 7) is 8.12. The highest BCUT2D eigenvalue weighted by Crippen LogP contribution is 2.46.